The summed E-state index contributed by atoms with van der Waals surface area (Å²) in [7, 11) is 0. The van der Waals surface area contributed by atoms with E-state index in [1.165, 1.54) is 49.1 Å². The molecule has 2 heteroatoms. The molecule has 0 aromatic rings. The minimum Gasteiger partial charge on any atom is -0.341 e. The molecule has 0 radical (unpaired) electrons. The number of allylic oxidation sites excluding steroid dienone is 5. The molecule has 1 unspecified atom stereocenters. The molecule has 1 saturated heterocycles. The summed E-state index contributed by atoms with van der Waals surface area (Å²) in [5.74, 6) is 0. The van der Waals surface area contributed by atoms with Gasteiger partial charge in [-0.05, 0) is 76.3 Å². The summed E-state index contributed by atoms with van der Waals surface area (Å²) in [6.45, 7) is 13.7. The van der Waals surface area contributed by atoms with Crippen molar-refractivity contribution in [2.45, 2.75) is 78.8 Å². The third-order valence-corrected chi connectivity index (χ3v) is 5.49. The first kappa shape index (κ1) is 19.1. The van der Waals surface area contributed by atoms with Crippen LogP contribution < -0.4 is 0 Å². The summed E-state index contributed by atoms with van der Waals surface area (Å²) in [6, 6.07) is 1.19. The fraction of sp³-hybridized carbons (Fsp3) is 0.636. The normalized spacial score (nSPS) is 25.5. The van der Waals surface area contributed by atoms with Gasteiger partial charge < -0.3 is 4.90 Å². The van der Waals surface area contributed by atoms with Gasteiger partial charge in [0, 0.05) is 24.5 Å². The van der Waals surface area contributed by atoms with Gasteiger partial charge in [-0.15, -0.1) is 0 Å². The van der Waals surface area contributed by atoms with Crippen molar-refractivity contribution in [2.24, 2.45) is 0 Å². The average molecular weight is 329 g/mol. The number of hydrogen-bond donors (Lipinski definition) is 0. The van der Waals surface area contributed by atoms with E-state index in [1.54, 1.807) is 0 Å². The van der Waals surface area contributed by atoms with Crippen LogP contribution in [0.1, 0.15) is 66.7 Å². The number of hydrogen-bond acceptors (Lipinski definition) is 2. The molecule has 1 fully saturated rings. The smallest absolute Gasteiger partial charge is 0.0529 e. The van der Waals surface area contributed by atoms with E-state index < -0.39 is 0 Å². The fourth-order valence-corrected chi connectivity index (χ4v) is 3.89. The first-order valence-corrected chi connectivity index (χ1v) is 9.84. The Morgan fingerprint density at radius 1 is 1.38 bits per heavy atom. The molecule has 0 bridgehead atoms. The quantitative estimate of drug-likeness (QED) is 0.557. The van der Waals surface area contributed by atoms with Crippen LogP contribution in [0.15, 0.2) is 47.3 Å². The average Bonchev–Trinajstić information content (AvgIpc) is 3.04. The number of rotatable bonds is 7. The molecule has 2 aliphatic rings. The third kappa shape index (κ3) is 4.63. The van der Waals surface area contributed by atoms with Crippen LogP contribution in [0, 0.1) is 0 Å². The summed E-state index contributed by atoms with van der Waals surface area (Å²) in [4.78, 5) is 5.14. The largest absolute Gasteiger partial charge is 0.341 e. The molecule has 0 amide bonds. The van der Waals surface area contributed by atoms with Crippen molar-refractivity contribution in [3.05, 3.63) is 47.3 Å². The SMILES string of the molecule is C/C=C(/CN1CCC[C@@H]1CC)C(C)N1C=CC(C)=C/C1=C\CCC. The minimum atomic E-state index is 0.414. The molecule has 134 valence electrons. The van der Waals surface area contributed by atoms with Gasteiger partial charge in [0.05, 0.1) is 6.04 Å². The van der Waals surface area contributed by atoms with Crippen molar-refractivity contribution >= 4 is 0 Å². The van der Waals surface area contributed by atoms with Crippen molar-refractivity contribution in [1.82, 2.24) is 9.80 Å². The summed E-state index contributed by atoms with van der Waals surface area (Å²) < 4.78 is 0. The first-order valence-electron chi connectivity index (χ1n) is 9.84. The maximum atomic E-state index is 2.69. The van der Waals surface area contributed by atoms with E-state index in [2.05, 4.69) is 74.9 Å². The highest BCUT2D eigenvalue weighted by Gasteiger charge is 2.26. The Bertz CT molecular complexity index is 524. The molecule has 0 aliphatic carbocycles. The van der Waals surface area contributed by atoms with E-state index in [4.69, 9.17) is 0 Å². The van der Waals surface area contributed by atoms with Crippen molar-refractivity contribution < 1.29 is 0 Å². The van der Waals surface area contributed by atoms with Crippen LogP contribution in [0.2, 0.25) is 0 Å². The predicted molar refractivity (Wildman–Crippen MR) is 106 cm³/mol. The summed E-state index contributed by atoms with van der Waals surface area (Å²) in [5, 5.41) is 0. The first-order chi connectivity index (χ1) is 11.6. The van der Waals surface area contributed by atoms with E-state index in [1.807, 2.05) is 0 Å². The van der Waals surface area contributed by atoms with Crippen molar-refractivity contribution in [3.63, 3.8) is 0 Å². The maximum absolute atomic E-state index is 2.69. The molecule has 0 N–H and O–H groups in total. The molecule has 0 aromatic heterocycles. The molecule has 2 atom stereocenters. The van der Waals surface area contributed by atoms with Crippen LogP contribution in [0.5, 0.6) is 0 Å². The minimum absolute atomic E-state index is 0.414. The fourth-order valence-electron chi connectivity index (χ4n) is 3.89. The standard InChI is InChI=1S/C22H36N2/c1-6-9-11-22-16-18(4)13-15-24(22)19(5)20(7-2)17-23-14-10-12-21(23)8-3/h7,11,13,15-16,19,21H,6,8-10,12,14,17H2,1-5H3/b20-7-,22-11+/t19?,21-/m0/s1. The zero-order valence-electron chi connectivity index (χ0n) is 16.4. The van der Waals surface area contributed by atoms with Crippen LogP contribution in [-0.4, -0.2) is 35.0 Å². The van der Waals surface area contributed by atoms with E-state index in [0.717, 1.165) is 19.0 Å². The predicted octanol–water partition coefficient (Wildman–Crippen LogP) is 5.66. The van der Waals surface area contributed by atoms with Crippen LogP contribution in [0.4, 0.5) is 0 Å². The van der Waals surface area contributed by atoms with Gasteiger partial charge >= 0.3 is 0 Å². The van der Waals surface area contributed by atoms with Crippen LogP contribution in [-0.2, 0) is 0 Å². The molecule has 2 heterocycles. The van der Waals surface area contributed by atoms with Crippen molar-refractivity contribution in [1.29, 1.82) is 0 Å². The molecule has 0 saturated carbocycles. The Balaban J connectivity index is 2.12. The molecule has 2 rings (SSSR count). The highest BCUT2D eigenvalue weighted by Crippen LogP contribution is 2.27. The number of nitrogens with zero attached hydrogens (tertiary/aromatic N) is 2. The third-order valence-electron chi connectivity index (χ3n) is 5.49. The van der Waals surface area contributed by atoms with E-state index >= 15 is 0 Å². The van der Waals surface area contributed by atoms with E-state index in [9.17, 15) is 0 Å². The monoisotopic (exact) mass is 328 g/mol. The van der Waals surface area contributed by atoms with Gasteiger partial charge in [-0.2, -0.15) is 0 Å². The number of likely N-dealkylation sites (tertiary alicyclic amines) is 1. The topological polar surface area (TPSA) is 6.48 Å². The zero-order valence-corrected chi connectivity index (χ0v) is 16.4. The molecular formula is C22H36N2. The summed E-state index contributed by atoms with van der Waals surface area (Å²) >= 11 is 0. The van der Waals surface area contributed by atoms with E-state index in [-0.39, 0.29) is 0 Å². The van der Waals surface area contributed by atoms with Gasteiger partial charge in [-0.3, -0.25) is 4.90 Å². The summed E-state index contributed by atoms with van der Waals surface area (Å²) in [6.07, 6.45) is 17.9. The lowest BCUT2D eigenvalue weighted by Gasteiger charge is -2.35. The molecule has 0 aromatic carbocycles. The molecular weight excluding hydrogens is 292 g/mol. The van der Waals surface area contributed by atoms with E-state index in [0.29, 0.717) is 6.04 Å². The molecule has 24 heavy (non-hydrogen) atoms. The number of unbranched alkanes of at least 4 members (excludes halogenated alkanes) is 1. The second kappa shape index (κ2) is 9.27. The van der Waals surface area contributed by atoms with Gasteiger partial charge in [0.25, 0.3) is 0 Å². The second-order valence-corrected chi connectivity index (χ2v) is 7.24. The maximum Gasteiger partial charge on any atom is 0.0529 e. The Hall–Kier alpha value is -1.28. The van der Waals surface area contributed by atoms with Crippen LogP contribution in [0.25, 0.3) is 0 Å². The van der Waals surface area contributed by atoms with Gasteiger partial charge in [-0.25, -0.2) is 0 Å². The lowest BCUT2D eigenvalue weighted by molar-refractivity contribution is 0.255. The zero-order chi connectivity index (χ0) is 17.5. The lowest BCUT2D eigenvalue weighted by atomic mass is 10.0. The second-order valence-electron chi connectivity index (χ2n) is 7.24. The van der Waals surface area contributed by atoms with Crippen molar-refractivity contribution in [2.75, 3.05) is 13.1 Å². The highest BCUT2D eigenvalue weighted by molar-refractivity contribution is 5.36. The summed E-state index contributed by atoms with van der Waals surface area (Å²) in [5.41, 5.74) is 4.24. The van der Waals surface area contributed by atoms with Gasteiger partial charge in [0.1, 0.15) is 0 Å². The van der Waals surface area contributed by atoms with Crippen LogP contribution in [0.3, 0.4) is 0 Å². The molecule has 2 aliphatic heterocycles. The van der Waals surface area contributed by atoms with Crippen molar-refractivity contribution in [3.8, 4) is 0 Å². The molecule has 2 nitrogen and oxygen atoms in total. The van der Waals surface area contributed by atoms with Gasteiger partial charge in [0.2, 0.25) is 0 Å². The highest BCUT2D eigenvalue weighted by atomic mass is 15.2. The molecule has 0 spiro atoms. The van der Waals surface area contributed by atoms with Crippen LogP contribution >= 0.6 is 0 Å². The Kier molecular flexibility index (Phi) is 7.36. The lowest BCUT2D eigenvalue weighted by Crippen LogP contribution is -2.37. The Morgan fingerprint density at radius 3 is 2.83 bits per heavy atom. The Labute approximate surface area is 149 Å². The van der Waals surface area contributed by atoms with Gasteiger partial charge in [0.15, 0.2) is 0 Å². The van der Waals surface area contributed by atoms with Gasteiger partial charge in [-0.1, -0.05) is 32.4 Å². The Morgan fingerprint density at radius 2 is 2.17 bits per heavy atom.